The normalized spacial score (nSPS) is 15.4. The van der Waals surface area contributed by atoms with Crippen LogP contribution in [0.2, 0.25) is 0 Å². The summed E-state index contributed by atoms with van der Waals surface area (Å²) in [5.74, 6) is -3.69. The second-order valence-corrected chi connectivity index (χ2v) is 12.7. The predicted molar refractivity (Wildman–Crippen MR) is 164 cm³/mol. The number of ether oxygens (including phenoxy) is 2. The van der Waals surface area contributed by atoms with Gasteiger partial charge in [0.15, 0.2) is 6.04 Å². The van der Waals surface area contributed by atoms with Crippen LogP contribution in [0.3, 0.4) is 0 Å². The summed E-state index contributed by atoms with van der Waals surface area (Å²) in [4.78, 5) is 53.5. The van der Waals surface area contributed by atoms with Crippen LogP contribution in [0.25, 0.3) is 0 Å². The first-order chi connectivity index (χ1) is 22.2. The van der Waals surface area contributed by atoms with Gasteiger partial charge >= 0.3 is 24.3 Å². The molecule has 0 aromatic heterocycles. The van der Waals surface area contributed by atoms with E-state index in [4.69, 9.17) is 9.47 Å². The zero-order chi connectivity index (χ0) is 35.8. The molecule has 1 aliphatic heterocycles. The summed E-state index contributed by atoms with van der Waals surface area (Å²) in [6.07, 6.45) is -5.75. The van der Waals surface area contributed by atoms with E-state index in [-0.39, 0.29) is 13.0 Å². The van der Waals surface area contributed by atoms with Crippen molar-refractivity contribution in [2.45, 2.75) is 70.9 Å². The van der Waals surface area contributed by atoms with E-state index in [0.29, 0.717) is 39.3 Å². The number of alkyl halides is 3. The molecule has 1 fully saturated rings. The Bertz CT molecular complexity index is 1730. The van der Waals surface area contributed by atoms with Gasteiger partial charge in [-0.1, -0.05) is 30.3 Å². The van der Waals surface area contributed by atoms with E-state index >= 15 is 0 Å². The van der Waals surface area contributed by atoms with Gasteiger partial charge in [0.1, 0.15) is 22.8 Å². The van der Waals surface area contributed by atoms with E-state index in [0.717, 1.165) is 11.0 Å². The van der Waals surface area contributed by atoms with Gasteiger partial charge in [0.2, 0.25) is 0 Å². The number of esters is 1. The van der Waals surface area contributed by atoms with Crippen LogP contribution in [0.5, 0.6) is 0 Å². The third-order valence-electron chi connectivity index (χ3n) is 7.64. The van der Waals surface area contributed by atoms with Crippen molar-refractivity contribution in [2.75, 3.05) is 12.0 Å². The lowest BCUT2D eigenvalue weighted by atomic mass is 9.96. The van der Waals surface area contributed by atoms with Crippen LogP contribution in [0.4, 0.5) is 37.2 Å². The number of rotatable bonds is 8. The topological polar surface area (TPSA) is 105 Å². The number of amides is 4. The van der Waals surface area contributed by atoms with Gasteiger partial charge in [-0.2, -0.15) is 13.2 Å². The standard InChI is InChI=1S/C34H34F5N3O6/c1-32(2,3)48-30(45)40-27(28(43)47-6)20-9-7-19(8-10-20)15-22-16-23(35)12-11-21(22)18-41-31(46)42(29(44)33(41,4)5)24-13-14-26(36)25(17-24)34(37,38)39/h7-14,16-17,27H,15,18H2,1-6H3,(H,40,45). The Labute approximate surface area is 273 Å². The molecule has 1 atom stereocenters. The van der Waals surface area contributed by atoms with Gasteiger partial charge in [0.25, 0.3) is 5.91 Å². The Morgan fingerprint density at radius 2 is 1.56 bits per heavy atom. The molecule has 256 valence electrons. The van der Waals surface area contributed by atoms with Crippen LogP contribution in [-0.4, -0.2) is 47.2 Å². The molecule has 0 spiro atoms. The van der Waals surface area contributed by atoms with Gasteiger partial charge < -0.3 is 19.7 Å². The number of nitrogens with one attached hydrogen (secondary N) is 1. The number of carbonyl (C=O) groups is 4. The summed E-state index contributed by atoms with van der Waals surface area (Å²) in [7, 11) is 1.17. The fourth-order valence-corrected chi connectivity index (χ4v) is 5.15. The van der Waals surface area contributed by atoms with Crippen LogP contribution >= 0.6 is 0 Å². The van der Waals surface area contributed by atoms with Gasteiger partial charge in [-0.05, 0) is 93.6 Å². The molecule has 0 bridgehead atoms. The number of carbonyl (C=O) groups excluding carboxylic acids is 4. The third-order valence-corrected chi connectivity index (χ3v) is 7.64. The highest BCUT2D eigenvalue weighted by atomic mass is 19.4. The third kappa shape index (κ3) is 7.75. The molecule has 4 amide bonds. The van der Waals surface area contributed by atoms with Crippen LogP contribution in [-0.2, 0) is 38.2 Å². The number of nitrogens with zero attached hydrogens (tertiary/aromatic N) is 2. The summed E-state index contributed by atoms with van der Waals surface area (Å²) < 4.78 is 78.7. The highest BCUT2D eigenvalue weighted by Crippen LogP contribution is 2.38. The van der Waals surface area contributed by atoms with Crippen molar-refractivity contribution >= 4 is 29.7 Å². The Hall–Kier alpha value is -5.01. The number of halogens is 5. The Morgan fingerprint density at radius 3 is 2.15 bits per heavy atom. The van der Waals surface area contributed by atoms with Crippen LogP contribution in [0.1, 0.15) is 68.5 Å². The van der Waals surface area contributed by atoms with Gasteiger partial charge in [0, 0.05) is 6.54 Å². The van der Waals surface area contributed by atoms with E-state index < -0.39 is 70.2 Å². The Morgan fingerprint density at radius 1 is 0.917 bits per heavy atom. The minimum Gasteiger partial charge on any atom is -0.467 e. The molecule has 0 saturated carbocycles. The average molecular weight is 676 g/mol. The van der Waals surface area contributed by atoms with Crippen molar-refractivity contribution in [3.05, 3.63) is 100 Å². The van der Waals surface area contributed by atoms with Crippen LogP contribution < -0.4 is 10.2 Å². The molecule has 1 N–H and O–H groups in total. The van der Waals surface area contributed by atoms with Crippen molar-refractivity contribution in [1.82, 2.24) is 10.2 Å². The molecule has 3 aromatic carbocycles. The Kier molecular flexibility index (Phi) is 9.89. The maximum atomic E-state index is 14.5. The van der Waals surface area contributed by atoms with Crippen molar-refractivity contribution in [3.63, 3.8) is 0 Å². The average Bonchev–Trinajstić information content (AvgIpc) is 3.15. The molecule has 1 unspecified atom stereocenters. The number of urea groups is 1. The summed E-state index contributed by atoms with van der Waals surface area (Å²) in [5, 5.41) is 2.48. The molecule has 1 aliphatic rings. The molecule has 1 saturated heterocycles. The van der Waals surface area contributed by atoms with Gasteiger partial charge in [-0.15, -0.1) is 0 Å². The Balaban J connectivity index is 1.59. The minimum absolute atomic E-state index is 0.142. The molecule has 14 heteroatoms. The van der Waals surface area contributed by atoms with E-state index in [1.54, 1.807) is 45.0 Å². The van der Waals surface area contributed by atoms with Crippen molar-refractivity contribution in [1.29, 1.82) is 0 Å². The van der Waals surface area contributed by atoms with Crippen LogP contribution in [0, 0.1) is 11.6 Å². The van der Waals surface area contributed by atoms with Crippen molar-refractivity contribution < 1.29 is 50.6 Å². The second-order valence-electron chi connectivity index (χ2n) is 12.7. The number of alkyl carbamates (subject to hydrolysis) is 1. The number of hydrogen-bond acceptors (Lipinski definition) is 6. The summed E-state index contributed by atoms with van der Waals surface area (Å²) in [6.45, 7) is 7.64. The van der Waals surface area contributed by atoms with Crippen molar-refractivity contribution in [2.24, 2.45) is 0 Å². The molecule has 0 aliphatic carbocycles. The zero-order valence-electron chi connectivity index (χ0n) is 27.0. The molecular weight excluding hydrogens is 641 g/mol. The summed E-state index contributed by atoms with van der Waals surface area (Å²) in [6, 6.07) is 10.1. The lowest BCUT2D eigenvalue weighted by Gasteiger charge is -2.28. The van der Waals surface area contributed by atoms with E-state index in [1.807, 2.05) is 0 Å². The molecule has 3 aromatic rings. The molecule has 0 radical (unpaired) electrons. The first-order valence-corrected chi connectivity index (χ1v) is 14.7. The van der Waals surface area contributed by atoms with Crippen LogP contribution in [0.15, 0.2) is 60.7 Å². The summed E-state index contributed by atoms with van der Waals surface area (Å²) in [5.41, 5.74) is -2.48. The lowest BCUT2D eigenvalue weighted by molar-refractivity contribution is -0.143. The van der Waals surface area contributed by atoms with Gasteiger partial charge in [-0.3, -0.25) is 4.79 Å². The molecular formula is C34H34F5N3O6. The van der Waals surface area contributed by atoms with E-state index in [9.17, 15) is 41.1 Å². The zero-order valence-corrected chi connectivity index (χ0v) is 27.0. The maximum Gasteiger partial charge on any atom is 0.419 e. The highest BCUT2D eigenvalue weighted by molar-refractivity contribution is 6.23. The number of methoxy groups -OCH3 is 1. The maximum absolute atomic E-state index is 14.5. The highest BCUT2D eigenvalue weighted by Gasteiger charge is 2.52. The molecule has 9 nitrogen and oxygen atoms in total. The first kappa shape index (κ1) is 35.8. The van der Waals surface area contributed by atoms with E-state index in [2.05, 4.69) is 5.32 Å². The quantitative estimate of drug-likeness (QED) is 0.156. The molecule has 48 heavy (non-hydrogen) atoms. The number of anilines is 1. The fraction of sp³-hybridized carbons (Fsp3) is 0.353. The van der Waals surface area contributed by atoms with Gasteiger partial charge in [0.05, 0.1) is 18.4 Å². The molecule has 1 heterocycles. The lowest BCUT2D eigenvalue weighted by Crippen LogP contribution is -2.43. The molecule has 4 rings (SSSR count). The second kappa shape index (κ2) is 13.2. The van der Waals surface area contributed by atoms with Crippen molar-refractivity contribution in [3.8, 4) is 0 Å². The van der Waals surface area contributed by atoms with Gasteiger partial charge in [-0.25, -0.2) is 28.1 Å². The number of hydrogen-bond donors (Lipinski definition) is 1. The summed E-state index contributed by atoms with van der Waals surface area (Å²) >= 11 is 0. The monoisotopic (exact) mass is 675 g/mol. The smallest absolute Gasteiger partial charge is 0.419 e. The first-order valence-electron chi connectivity index (χ1n) is 14.7. The largest absolute Gasteiger partial charge is 0.467 e. The number of benzene rings is 3. The SMILES string of the molecule is COC(=O)C(NC(=O)OC(C)(C)C)c1ccc(Cc2cc(F)ccc2CN2C(=O)N(c3ccc(F)c(C(F)(F)F)c3)C(=O)C2(C)C)cc1. The number of imide groups is 1. The minimum atomic E-state index is -5.06. The fourth-order valence-electron chi connectivity index (χ4n) is 5.15. The predicted octanol–water partition coefficient (Wildman–Crippen LogP) is 7.06. The van der Waals surface area contributed by atoms with E-state index in [1.165, 1.54) is 39.2 Å².